The molecule has 0 radical (unpaired) electrons. The molecule has 21 heavy (non-hydrogen) atoms. The Hall–Kier alpha value is -2.25. The van der Waals surface area contributed by atoms with Crippen LogP contribution in [-0.4, -0.2) is 35.9 Å². The van der Waals surface area contributed by atoms with Crippen LogP contribution in [0.25, 0.3) is 5.69 Å². The molecule has 0 spiro atoms. The highest BCUT2D eigenvalue weighted by atomic mass is 19.1. The van der Waals surface area contributed by atoms with Gasteiger partial charge >= 0.3 is 0 Å². The fourth-order valence-electron chi connectivity index (χ4n) is 1.90. The summed E-state index contributed by atoms with van der Waals surface area (Å²) < 4.78 is 19.9. The van der Waals surface area contributed by atoms with Crippen LogP contribution in [-0.2, 0) is 11.3 Å². The highest BCUT2D eigenvalue weighted by molar-refractivity contribution is 5.92. The number of nitrogens with one attached hydrogen (secondary N) is 1. The van der Waals surface area contributed by atoms with E-state index in [1.807, 2.05) is 0 Å². The van der Waals surface area contributed by atoms with Crippen molar-refractivity contribution in [2.45, 2.75) is 6.54 Å². The molecule has 6 nitrogen and oxygen atoms in total. The first-order valence-electron chi connectivity index (χ1n) is 6.44. The van der Waals surface area contributed by atoms with E-state index in [0.717, 1.165) is 5.56 Å². The molecule has 1 amide bonds. The van der Waals surface area contributed by atoms with Crippen LogP contribution in [0.3, 0.4) is 0 Å². The van der Waals surface area contributed by atoms with Crippen molar-refractivity contribution >= 4 is 5.91 Å². The van der Waals surface area contributed by atoms with Crippen LogP contribution in [0.2, 0.25) is 0 Å². The van der Waals surface area contributed by atoms with Crippen LogP contribution >= 0.6 is 0 Å². The first-order valence-corrected chi connectivity index (χ1v) is 6.44. The molecule has 1 heterocycles. The summed E-state index contributed by atoms with van der Waals surface area (Å²) in [6.07, 6.45) is 2.90. The molecule has 0 fully saturated rings. The standard InChI is InChI=1S/C14H17FN4O2/c1-21-5-4-17-7-10-6-12(15)2-3-13(10)19-9-11(8-18-19)14(16)20/h2-3,6,8-9,17H,4-5,7H2,1H3,(H2,16,20). The van der Waals surface area contributed by atoms with Gasteiger partial charge in [-0.05, 0) is 23.8 Å². The largest absolute Gasteiger partial charge is 0.383 e. The van der Waals surface area contributed by atoms with Crippen LogP contribution in [0, 0.1) is 5.82 Å². The molecule has 0 unspecified atom stereocenters. The first kappa shape index (κ1) is 15.1. The average molecular weight is 292 g/mol. The topological polar surface area (TPSA) is 82.2 Å². The minimum Gasteiger partial charge on any atom is -0.383 e. The third-order valence-corrected chi connectivity index (χ3v) is 2.95. The predicted molar refractivity (Wildman–Crippen MR) is 75.6 cm³/mol. The number of hydrogen-bond acceptors (Lipinski definition) is 4. The van der Waals surface area contributed by atoms with E-state index >= 15 is 0 Å². The Bertz CT molecular complexity index is 627. The highest BCUT2D eigenvalue weighted by Crippen LogP contribution is 2.16. The number of carbonyl (C=O) groups is 1. The van der Waals surface area contributed by atoms with E-state index in [-0.39, 0.29) is 5.82 Å². The monoisotopic (exact) mass is 292 g/mol. The van der Waals surface area contributed by atoms with Gasteiger partial charge in [0.15, 0.2) is 0 Å². The summed E-state index contributed by atoms with van der Waals surface area (Å²) in [5.74, 6) is -0.882. The van der Waals surface area contributed by atoms with Crippen molar-refractivity contribution in [1.82, 2.24) is 15.1 Å². The molecule has 0 aliphatic carbocycles. The number of primary amides is 1. The summed E-state index contributed by atoms with van der Waals surface area (Å²) in [4.78, 5) is 11.1. The lowest BCUT2D eigenvalue weighted by atomic mass is 10.1. The Morgan fingerprint density at radius 3 is 3.00 bits per heavy atom. The van der Waals surface area contributed by atoms with Gasteiger partial charge in [0.1, 0.15) is 5.82 Å². The molecule has 0 atom stereocenters. The van der Waals surface area contributed by atoms with E-state index in [0.29, 0.717) is 30.9 Å². The van der Waals surface area contributed by atoms with Crippen molar-refractivity contribution in [2.75, 3.05) is 20.3 Å². The second-order valence-electron chi connectivity index (χ2n) is 4.48. The summed E-state index contributed by atoms with van der Waals surface area (Å²) in [7, 11) is 1.62. The summed E-state index contributed by atoms with van der Waals surface area (Å²) >= 11 is 0. The lowest BCUT2D eigenvalue weighted by molar-refractivity contribution is 0.100. The van der Waals surface area contributed by atoms with Crippen LogP contribution < -0.4 is 11.1 Å². The molecule has 0 saturated heterocycles. The number of aromatic nitrogens is 2. The van der Waals surface area contributed by atoms with Crippen LogP contribution in [0.5, 0.6) is 0 Å². The van der Waals surface area contributed by atoms with Gasteiger partial charge in [0.2, 0.25) is 0 Å². The Balaban J connectivity index is 2.22. The molecule has 1 aromatic carbocycles. The molecular formula is C14H17FN4O2. The van der Waals surface area contributed by atoms with E-state index in [1.54, 1.807) is 13.2 Å². The molecule has 2 rings (SSSR count). The average Bonchev–Trinajstić information content (AvgIpc) is 2.93. The molecule has 3 N–H and O–H groups in total. The molecule has 2 aromatic rings. The lowest BCUT2D eigenvalue weighted by Crippen LogP contribution is -2.19. The van der Waals surface area contributed by atoms with Crippen molar-refractivity contribution in [2.24, 2.45) is 5.73 Å². The molecule has 0 aliphatic heterocycles. The highest BCUT2D eigenvalue weighted by Gasteiger charge is 2.10. The summed E-state index contributed by atoms with van der Waals surface area (Å²) in [6.45, 7) is 1.68. The molecule has 0 saturated carbocycles. The van der Waals surface area contributed by atoms with E-state index in [9.17, 15) is 9.18 Å². The number of nitrogens with zero attached hydrogens (tertiary/aromatic N) is 2. The third-order valence-electron chi connectivity index (χ3n) is 2.95. The first-order chi connectivity index (χ1) is 10.1. The maximum atomic E-state index is 13.4. The van der Waals surface area contributed by atoms with Crippen LogP contribution in [0.1, 0.15) is 15.9 Å². The maximum Gasteiger partial charge on any atom is 0.251 e. The minimum absolute atomic E-state index is 0.303. The van der Waals surface area contributed by atoms with Crippen molar-refractivity contribution in [3.8, 4) is 5.69 Å². The third kappa shape index (κ3) is 3.87. The van der Waals surface area contributed by atoms with Gasteiger partial charge in [-0.25, -0.2) is 9.07 Å². The quantitative estimate of drug-likeness (QED) is 0.741. The Morgan fingerprint density at radius 1 is 1.52 bits per heavy atom. The smallest absolute Gasteiger partial charge is 0.251 e. The minimum atomic E-state index is -0.553. The molecule has 0 aliphatic rings. The van der Waals surface area contributed by atoms with Crippen LogP contribution in [0.15, 0.2) is 30.6 Å². The summed E-state index contributed by atoms with van der Waals surface area (Å²) in [5.41, 5.74) is 6.92. The number of methoxy groups -OCH3 is 1. The number of ether oxygens (including phenoxy) is 1. The molecule has 1 aromatic heterocycles. The number of rotatable bonds is 7. The van der Waals surface area contributed by atoms with Gasteiger partial charge in [0.05, 0.1) is 24.1 Å². The van der Waals surface area contributed by atoms with Gasteiger partial charge in [-0.15, -0.1) is 0 Å². The second-order valence-corrected chi connectivity index (χ2v) is 4.48. The molecule has 7 heteroatoms. The summed E-state index contributed by atoms with van der Waals surface area (Å²) in [6, 6.07) is 4.39. The fourth-order valence-corrected chi connectivity index (χ4v) is 1.90. The molecule has 0 bridgehead atoms. The van der Waals surface area contributed by atoms with Gasteiger partial charge in [-0.3, -0.25) is 4.79 Å². The Morgan fingerprint density at radius 2 is 2.33 bits per heavy atom. The Labute approximate surface area is 121 Å². The van der Waals surface area contributed by atoms with E-state index in [4.69, 9.17) is 10.5 Å². The van der Waals surface area contributed by atoms with Gasteiger partial charge in [0.25, 0.3) is 5.91 Å². The normalized spacial score (nSPS) is 10.8. The fraction of sp³-hybridized carbons (Fsp3) is 0.286. The molecule has 112 valence electrons. The van der Waals surface area contributed by atoms with Gasteiger partial charge in [-0.2, -0.15) is 5.10 Å². The van der Waals surface area contributed by atoms with E-state index < -0.39 is 5.91 Å². The zero-order valence-corrected chi connectivity index (χ0v) is 11.7. The lowest BCUT2D eigenvalue weighted by Gasteiger charge is -2.11. The summed E-state index contributed by atoms with van der Waals surface area (Å²) in [5, 5.41) is 7.23. The van der Waals surface area contributed by atoms with Crippen molar-refractivity contribution in [3.63, 3.8) is 0 Å². The number of benzene rings is 1. The van der Waals surface area contributed by atoms with E-state index in [1.165, 1.54) is 29.2 Å². The maximum absolute atomic E-state index is 13.4. The second kappa shape index (κ2) is 6.96. The van der Waals surface area contributed by atoms with Crippen molar-refractivity contribution in [3.05, 3.63) is 47.5 Å². The zero-order valence-electron chi connectivity index (χ0n) is 11.7. The van der Waals surface area contributed by atoms with Crippen LogP contribution in [0.4, 0.5) is 4.39 Å². The predicted octanol–water partition coefficient (Wildman–Crippen LogP) is 0.846. The SMILES string of the molecule is COCCNCc1cc(F)ccc1-n1cc(C(N)=O)cn1. The Kier molecular flexibility index (Phi) is 5.02. The van der Waals surface area contributed by atoms with Gasteiger partial charge in [-0.1, -0.05) is 0 Å². The number of hydrogen-bond donors (Lipinski definition) is 2. The number of amides is 1. The molecular weight excluding hydrogens is 275 g/mol. The number of carbonyl (C=O) groups excluding carboxylic acids is 1. The number of halogens is 1. The van der Waals surface area contributed by atoms with E-state index in [2.05, 4.69) is 10.4 Å². The number of nitrogens with two attached hydrogens (primary N) is 1. The van der Waals surface area contributed by atoms with Crippen molar-refractivity contribution in [1.29, 1.82) is 0 Å². The zero-order chi connectivity index (χ0) is 15.2. The van der Waals surface area contributed by atoms with Crippen molar-refractivity contribution < 1.29 is 13.9 Å². The van der Waals surface area contributed by atoms with Gasteiger partial charge in [0, 0.05) is 26.4 Å². The van der Waals surface area contributed by atoms with Gasteiger partial charge < -0.3 is 15.8 Å².